The van der Waals surface area contributed by atoms with E-state index in [0.29, 0.717) is 11.6 Å². The molecule has 0 saturated heterocycles. The first kappa shape index (κ1) is 13.3. The Morgan fingerprint density at radius 2 is 2.16 bits per heavy atom. The Balaban J connectivity index is 2.20. The molecule has 0 unspecified atom stereocenters. The Morgan fingerprint density at radius 3 is 2.74 bits per heavy atom. The van der Waals surface area contributed by atoms with E-state index in [9.17, 15) is 10.1 Å². The van der Waals surface area contributed by atoms with Crippen LogP contribution in [0.15, 0.2) is 42.6 Å². The fraction of sp³-hybridized carbons (Fsp3) is 0.154. The summed E-state index contributed by atoms with van der Waals surface area (Å²) in [6.45, 7) is 0.582. The highest BCUT2D eigenvalue weighted by Gasteiger charge is 2.12. The number of nitro benzene ring substituents is 1. The van der Waals surface area contributed by atoms with Crippen LogP contribution in [0.5, 0.6) is 0 Å². The molecule has 0 spiro atoms. The third-order valence-corrected chi connectivity index (χ3v) is 2.98. The SMILES string of the molecule is CN(Cc1ccccn1)c1ccc([N+](=O)[O-])cc1Cl. The number of benzene rings is 1. The standard InChI is InChI=1S/C13H12ClN3O2/c1-16(9-10-4-2-3-7-15-10)13-6-5-11(17(18)19)8-12(13)14/h2-8H,9H2,1H3. The number of non-ortho nitro benzene ring substituents is 1. The van der Waals surface area contributed by atoms with Crippen LogP contribution in [0, 0.1) is 10.1 Å². The average molecular weight is 278 g/mol. The molecule has 0 aliphatic carbocycles. The first-order chi connectivity index (χ1) is 9.08. The molecular weight excluding hydrogens is 266 g/mol. The van der Waals surface area contributed by atoms with Crippen LogP contribution in [0.25, 0.3) is 0 Å². The molecule has 98 valence electrons. The second kappa shape index (κ2) is 5.67. The number of rotatable bonds is 4. The number of nitrogens with zero attached hydrogens (tertiary/aromatic N) is 3. The Labute approximate surface area is 115 Å². The molecular formula is C13H12ClN3O2. The topological polar surface area (TPSA) is 59.3 Å². The lowest BCUT2D eigenvalue weighted by atomic mass is 10.2. The first-order valence-electron chi connectivity index (χ1n) is 5.63. The van der Waals surface area contributed by atoms with Gasteiger partial charge in [-0.15, -0.1) is 0 Å². The molecule has 0 atom stereocenters. The van der Waals surface area contributed by atoms with Crippen molar-refractivity contribution in [3.8, 4) is 0 Å². The summed E-state index contributed by atoms with van der Waals surface area (Å²) in [5, 5.41) is 11.0. The van der Waals surface area contributed by atoms with Crippen molar-refractivity contribution in [1.82, 2.24) is 4.98 Å². The highest BCUT2D eigenvalue weighted by Crippen LogP contribution is 2.29. The fourth-order valence-electron chi connectivity index (χ4n) is 1.74. The molecule has 0 aliphatic rings. The van der Waals surface area contributed by atoms with Gasteiger partial charge in [0.05, 0.1) is 27.9 Å². The van der Waals surface area contributed by atoms with Gasteiger partial charge in [0, 0.05) is 25.4 Å². The van der Waals surface area contributed by atoms with Crippen molar-refractivity contribution in [3.63, 3.8) is 0 Å². The lowest BCUT2D eigenvalue weighted by Gasteiger charge is -2.19. The summed E-state index contributed by atoms with van der Waals surface area (Å²) < 4.78 is 0. The zero-order valence-corrected chi connectivity index (χ0v) is 11.0. The van der Waals surface area contributed by atoms with Gasteiger partial charge in [-0.05, 0) is 18.2 Å². The minimum absolute atomic E-state index is 0.0139. The van der Waals surface area contributed by atoms with Gasteiger partial charge < -0.3 is 4.90 Å². The van der Waals surface area contributed by atoms with Crippen molar-refractivity contribution in [3.05, 3.63) is 63.4 Å². The number of pyridine rings is 1. The largest absolute Gasteiger partial charge is 0.367 e. The van der Waals surface area contributed by atoms with Crippen molar-refractivity contribution in [2.45, 2.75) is 6.54 Å². The average Bonchev–Trinajstić information content (AvgIpc) is 2.39. The summed E-state index contributed by atoms with van der Waals surface area (Å²) in [7, 11) is 1.86. The molecule has 0 amide bonds. The summed E-state index contributed by atoms with van der Waals surface area (Å²) in [5.74, 6) is 0. The number of aromatic nitrogens is 1. The lowest BCUT2D eigenvalue weighted by molar-refractivity contribution is -0.384. The zero-order valence-electron chi connectivity index (χ0n) is 10.3. The molecule has 0 N–H and O–H groups in total. The normalized spacial score (nSPS) is 10.2. The molecule has 19 heavy (non-hydrogen) atoms. The van der Waals surface area contributed by atoms with E-state index in [1.54, 1.807) is 12.3 Å². The van der Waals surface area contributed by atoms with E-state index in [1.807, 2.05) is 30.1 Å². The van der Waals surface area contributed by atoms with Gasteiger partial charge in [0.15, 0.2) is 0 Å². The highest BCUT2D eigenvalue weighted by atomic mass is 35.5. The van der Waals surface area contributed by atoms with Crippen molar-refractivity contribution in [1.29, 1.82) is 0 Å². The van der Waals surface area contributed by atoms with Crippen LogP contribution in [-0.2, 0) is 6.54 Å². The minimum Gasteiger partial charge on any atom is -0.367 e. The van der Waals surface area contributed by atoms with Crippen molar-refractivity contribution >= 4 is 23.0 Å². The molecule has 1 aromatic carbocycles. The Bertz CT molecular complexity index is 590. The van der Waals surface area contributed by atoms with E-state index >= 15 is 0 Å². The Morgan fingerprint density at radius 1 is 1.37 bits per heavy atom. The van der Waals surface area contributed by atoms with Crippen molar-refractivity contribution in [2.75, 3.05) is 11.9 Å². The van der Waals surface area contributed by atoms with E-state index < -0.39 is 4.92 Å². The molecule has 2 aromatic rings. The van der Waals surface area contributed by atoms with Crippen LogP contribution in [0.4, 0.5) is 11.4 Å². The molecule has 6 heteroatoms. The quantitative estimate of drug-likeness (QED) is 0.636. The van der Waals surface area contributed by atoms with Gasteiger partial charge in [0.1, 0.15) is 0 Å². The molecule has 0 bridgehead atoms. The number of hydrogen-bond donors (Lipinski definition) is 0. The molecule has 1 aromatic heterocycles. The van der Waals surface area contributed by atoms with E-state index in [4.69, 9.17) is 11.6 Å². The van der Waals surface area contributed by atoms with E-state index in [2.05, 4.69) is 4.98 Å². The number of nitro groups is 1. The van der Waals surface area contributed by atoms with Gasteiger partial charge in [-0.2, -0.15) is 0 Å². The maximum atomic E-state index is 10.6. The van der Waals surface area contributed by atoms with Crippen LogP contribution in [0.1, 0.15) is 5.69 Å². The van der Waals surface area contributed by atoms with Crippen LogP contribution in [0.3, 0.4) is 0 Å². The molecule has 2 rings (SSSR count). The smallest absolute Gasteiger partial charge is 0.271 e. The zero-order chi connectivity index (χ0) is 13.8. The summed E-state index contributed by atoms with van der Waals surface area (Å²) >= 11 is 6.07. The van der Waals surface area contributed by atoms with Gasteiger partial charge in [-0.3, -0.25) is 15.1 Å². The predicted octanol–water partition coefficient (Wildman–Crippen LogP) is 3.28. The van der Waals surface area contributed by atoms with Gasteiger partial charge in [-0.25, -0.2) is 0 Å². The van der Waals surface area contributed by atoms with Gasteiger partial charge in [-0.1, -0.05) is 17.7 Å². The third kappa shape index (κ3) is 3.20. The molecule has 0 aliphatic heterocycles. The van der Waals surface area contributed by atoms with Gasteiger partial charge >= 0.3 is 0 Å². The predicted molar refractivity (Wildman–Crippen MR) is 74.5 cm³/mol. The molecule has 0 fully saturated rings. The highest BCUT2D eigenvalue weighted by molar-refractivity contribution is 6.33. The Kier molecular flexibility index (Phi) is 3.97. The third-order valence-electron chi connectivity index (χ3n) is 2.68. The summed E-state index contributed by atoms with van der Waals surface area (Å²) in [6, 6.07) is 10.1. The monoisotopic (exact) mass is 277 g/mol. The van der Waals surface area contributed by atoms with Crippen LogP contribution in [0.2, 0.25) is 5.02 Å². The number of anilines is 1. The van der Waals surface area contributed by atoms with E-state index in [1.165, 1.54) is 12.1 Å². The van der Waals surface area contributed by atoms with Crippen molar-refractivity contribution < 1.29 is 4.92 Å². The molecule has 5 nitrogen and oxygen atoms in total. The fourth-order valence-corrected chi connectivity index (χ4v) is 2.06. The maximum absolute atomic E-state index is 10.6. The summed E-state index contributed by atoms with van der Waals surface area (Å²) in [5.41, 5.74) is 1.62. The van der Waals surface area contributed by atoms with Gasteiger partial charge in [0.2, 0.25) is 0 Å². The molecule has 0 radical (unpaired) electrons. The van der Waals surface area contributed by atoms with Crippen LogP contribution in [-0.4, -0.2) is 17.0 Å². The van der Waals surface area contributed by atoms with Gasteiger partial charge in [0.25, 0.3) is 5.69 Å². The van der Waals surface area contributed by atoms with Crippen molar-refractivity contribution in [2.24, 2.45) is 0 Å². The summed E-state index contributed by atoms with van der Waals surface area (Å²) in [6.07, 6.45) is 1.72. The lowest BCUT2D eigenvalue weighted by Crippen LogP contribution is -2.17. The molecule has 0 saturated carbocycles. The van der Waals surface area contributed by atoms with Crippen LogP contribution >= 0.6 is 11.6 Å². The van der Waals surface area contributed by atoms with E-state index in [-0.39, 0.29) is 5.69 Å². The molecule has 1 heterocycles. The Hall–Kier alpha value is -2.14. The number of hydrogen-bond acceptors (Lipinski definition) is 4. The van der Waals surface area contributed by atoms with Crippen LogP contribution < -0.4 is 4.90 Å². The maximum Gasteiger partial charge on any atom is 0.271 e. The first-order valence-corrected chi connectivity index (χ1v) is 6.00. The minimum atomic E-state index is -0.464. The number of halogens is 1. The second-order valence-electron chi connectivity index (χ2n) is 4.07. The van der Waals surface area contributed by atoms with E-state index in [0.717, 1.165) is 11.4 Å². The summed E-state index contributed by atoms with van der Waals surface area (Å²) in [4.78, 5) is 16.3. The second-order valence-corrected chi connectivity index (χ2v) is 4.48.